The highest BCUT2D eigenvalue weighted by Crippen LogP contribution is 2.32. The van der Waals surface area contributed by atoms with Crippen molar-refractivity contribution in [2.75, 3.05) is 0 Å². The van der Waals surface area contributed by atoms with Gasteiger partial charge in [-0.1, -0.05) is 37.6 Å². The van der Waals surface area contributed by atoms with E-state index in [-0.39, 0.29) is 5.56 Å². The first-order valence-corrected chi connectivity index (χ1v) is 6.93. The maximum atomic E-state index is 13.8. The number of benzene rings is 2. The lowest BCUT2D eigenvalue weighted by atomic mass is 10.0. The first kappa shape index (κ1) is 15.9. The Morgan fingerprint density at radius 3 is 2.24 bits per heavy atom. The molecule has 0 spiro atoms. The van der Waals surface area contributed by atoms with Crippen LogP contribution in [0.4, 0.5) is 13.2 Å². The molecular formula is C16H15ClF3N. The van der Waals surface area contributed by atoms with Gasteiger partial charge in [0.2, 0.25) is 0 Å². The van der Waals surface area contributed by atoms with E-state index >= 15 is 0 Å². The molecule has 2 aromatic carbocycles. The molecular weight excluding hydrogens is 299 g/mol. The molecule has 0 unspecified atom stereocenters. The molecule has 1 nitrogen and oxygen atoms in total. The SMILES string of the molecule is CC(C)NCc1ccc(-c2cc(F)c(F)cc2F)c(Cl)c1. The molecule has 0 saturated carbocycles. The third kappa shape index (κ3) is 3.77. The summed E-state index contributed by atoms with van der Waals surface area (Å²) in [7, 11) is 0. The molecule has 0 bridgehead atoms. The summed E-state index contributed by atoms with van der Waals surface area (Å²) in [6, 6.07) is 6.74. The van der Waals surface area contributed by atoms with Crippen molar-refractivity contribution < 1.29 is 13.2 Å². The van der Waals surface area contributed by atoms with Gasteiger partial charge in [0.05, 0.1) is 0 Å². The Bertz CT molecular complexity index is 656. The second kappa shape index (κ2) is 6.50. The molecule has 2 rings (SSSR count). The fraction of sp³-hybridized carbons (Fsp3) is 0.250. The van der Waals surface area contributed by atoms with Gasteiger partial charge < -0.3 is 5.32 Å². The molecule has 0 aliphatic heterocycles. The van der Waals surface area contributed by atoms with Crippen LogP contribution in [0.5, 0.6) is 0 Å². The van der Waals surface area contributed by atoms with Crippen LogP contribution in [0.3, 0.4) is 0 Å². The molecule has 112 valence electrons. The van der Waals surface area contributed by atoms with E-state index in [1.165, 1.54) is 0 Å². The van der Waals surface area contributed by atoms with Crippen LogP contribution in [0.15, 0.2) is 30.3 Å². The molecule has 0 amide bonds. The van der Waals surface area contributed by atoms with Gasteiger partial charge in [0, 0.05) is 34.8 Å². The van der Waals surface area contributed by atoms with E-state index in [0.717, 1.165) is 11.6 Å². The van der Waals surface area contributed by atoms with E-state index in [1.807, 2.05) is 13.8 Å². The Hall–Kier alpha value is -1.52. The molecule has 0 saturated heterocycles. The fourth-order valence-corrected chi connectivity index (χ4v) is 2.24. The molecule has 0 aliphatic carbocycles. The van der Waals surface area contributed by atoms with Crippen LogP contribution in [0.25, 0.3) is 11.1 Å². The van der Waals surface area contributed by atoms with E-state index in [4.69, 9.17) is 11.6 Å². The quantitative estimate of drug-likeness (QED) is 0.790. The van der Waals surface area contributed by atoms with Gasteiger partial charge in [0.25, 0.3) is 0 Å². The van der Waals surface area contributed by atoms with Crippen LogP contribution in [-0.4, -0.2) is 6.04 Å². The third-order valence-corrected chi connectivity index (χ3v) is 3.36. The second-order valence-electron chi connectivity index (χ2n) is 5.10. The summed E-state index contributed by atoms with van der Waals surface area (Å²) >= 11 is 6.13. The minimum absolute atomic E-state index is 0.0535. The molecule has 0 heterocycles. The van der Waals surface area contributed by atoms with E-state index in [0.29, 0.717) is 29.2 Å². The van der Waals surface area contributed by atoms with E-state index < -0.39 is 17.5 Å². The van der Waals surface area contributed by atoms with Crippen molar-refractivity contribution in [2.24, 2.45) is 0 Å². The van der Waals surface area contributed by atoms with Gasteiger partial charge in [-0.25, -0.2) is 13.2 Å². The lowest BCUT2D eigenvalue weighted by Crippen LogP contribution is -2.21. The Kier molecular flexibility index (Phi) is 4.91. The Morgan fingerprint density at radius 2 is 1.62 bits per heavy atom. The van der Waals surface area contributed by atoms with Crippen molar-refractivity contribution >= 4 is 11.6 Å². The van der Waals surface area contributed by atoms with Crippen molar-refractivity contribution in [1.82, 2.24) is 5.32 Å². The van der Waals surface area contributed by atoms with Gasteiger partial charge in [0.1, 0.15) is 5.82 Å². The maximum Gasteiger partial charge on any atom is 0.161 e. The van der Waals surface area contributed by atoms with Crippen LogP contribution in [0.2, 0.25) is 5.02 Å². The molecule has 21 heavy (non-hydrogen) atoms. The first-order chi connectivity index (χ1) is 9.88. The minimum Gasteiger partial charge on any atom is -0.310 e. The number of rotatable bonds is 4. The summed E-state index contributed by atoms with van der Waals surface area (Å²) in [5, 5.41) is 3.53. The second-order valence-corrected chi connectivity index (χ2v) is 5.50. The summed E-state index contributed by atoms with van der Waals surface area (Å²) < 4.78 is 40.0. The van der Waals surface area contributed by atoms with Crippen LogP contribution in [0.1, 0.15) is 19.4 Å². The molecule has 0 fully saturated rings. The monoisotopic (exact) mass is 313 g/mol. The largest absolute Gasteiger partial charge is 0.310 e. The highest BCUT2D eigenvalue weighted by Gasteiger charge is 2.14. The van der Waals surface area contributed by atoms with E-state index in [2.05, 4.69) is 5.32 Å². The molecule has 0 radical (unpaired) electrons. The fourth-order valence-electron chi connectivity index (χ4n) is 1.94. The van der Waals surface area contributed by atoms with Crippen molar-refractivity contribution in [3.8, 4) is 11.1 Å². The van der Waals surface area contributed by atoms with Gasteiger partial charge in [-0.15, -0.1) is 0 Å². The van der Waals surface area contributed by atoms with Crippen molar-refractivity contribution in [2.45, 2.75) is 26.4 Å². The molecule has 5 heteroatoms. The van der Waals surface area contributed by atoms with E-state index in [1.54, 1.807) is 18.2 Å². The number of halogens is 4. The van der Waals surface area contributed by atoms with Crippen LogP contribution in [-0.2, 0) is 6.54 Å². The number of hydrogen-bond acceptors (Lipinski definition) is 1. The average molecular weight is 314 g/mol. The molecule has 0 aliphatic rings. The van der Waals surface area contributed by atoms with Gasteiger partial charge in [-0.05, 0) is 17.7 Å². The Labute approximate surface area is 126 Å². The first-order valence-electron chi connectivity index (χ1n) is 6.55. The average Bonchev–Trinajstić information content (AvgIpc) is 2.41. The third-order valence-electron chi connectivity index (χ3n) is 3.05. The smallest absolute Gasteiger partial charge is 0.161 e. The van der Waals surface area contributed by atoms with Crippen molar-refractivity contribution in [3.05, 3.63) is 58.4 Å². The summed E-state index contributed by atoms with van der Waals surface area (Å²) in [5.74, 6) is -3.16. The van der Waals surface area contributed by atoms with Gasteiger partial charge in [-0.2, -0.15) is 0 Å². The standard InChI is InChI=1S/C16H15ClF3N/c1-9(2)21-8-10-3-4-11(13(17)5-10)12-6-15(19)16(20)7-14(12)18/h3-7,9,21H,8H2,1-2H3. The van der Waals surface area contributed by atoms with Crippen molar-refractivity contribution in [3.63, 3.8) is 0 Å². The normalized spacial score (nSPS) is 11.2. The summed E-state index contributed by atoms with van der Waals surface area (Å²) in [4.78, 5) is 0. The Balaban J connectivity index is 2.35. The lowest BCUT2D eigenvalue weighted by Gasteiger charge is -2.11. The van der Waals surface area contributed by atoms with Crippen molar-refractivity contribution in [1.29, 1.82) is 0 Å². The zero-order valence-corrected chi connectivity index (χ0v) is 12.4. The topological polar surface area (TPSA) is 12.0 Å². The van der Waals surface area contributed by atoms with Crippen LogP contribution >= 0.6 is 11.6 Å². The molecule has 1 N–H and O–H groups in total. The molecule has 2 aromatic rings. The Morgan fingerprint density at radius 1 is 0.952 bits per heavy atom. The highest BCUT2D eigenvalue weighted by molar-refractivity contribution is 6.33. The van der Waals surface area contributed by atoms with Crippen LogP contribution < -0.4 is 5.32 Å². The zero-order valence-electron chi connectivity index (χ0n) is 11.7. The van der Waals surface area contributed by atoms with Crippen LogP contribution in [0, 0.1) is 17.5 Å². The summed E-state index contributed by atoms with van der Waals surface area (Å²) in [6.45, 7) is 4.66. The molecule has 0 atom stereocenters. The predicted molar refractivity (Wildman–Crippen MR) is 78.7 cm³/mol. The van der Waals surface area contributed by atoms with Gasteiger partial charge in [-0.3, -0.25) is 0 Å². The number of hydrogen-bond donors (Lipinski definition) is 1. The summed E-state index contributed by atoms with van der Waals surface area (Å²) in [6.07, 6.45) is 0. The van der Waals surface area contributed by atoms with Gasteiger partial charge >= 0.3 is 0 Å². The highest BCUT2D eigenvalue weighted by atomic mass is 35.5. The summed E-state index contributed by atoms with van der Waals surface area (Å²) in [5.41, 5.74) is 1.21. The van der Waals surface area contributed by atoms with E-state index in [9.17, 15) is 13.2 Å². The molecule has 0 aromatic heterocycles. The number of nitrogens with one attached hydrogen (secondary N) is 1. The zero-order chi connectivity index (χ0) is 15.6. The van der Waals surface area contributed by atoms with Gasteiger partial charge in [0.15, 0.2) is 11.6 Å². The predicted octanol–water partition coefficient (Wildman–Crippen LogP) is 4.92. The minimum atomic E-state index is -1.22. The lowest BCUT2D eigenvalue weighted by molar-refractivity contribution is 0.496. The maximum absolute atomic E-state index is 13.8.